The number of fused-ring (bicyclic) bond motifs is 1. The Hall–Kier alpha value is -1.88. The van der Waals surface area contributed by atoms with Crippen LogP contribution in [0.15, 0.2) is 24.4 Å². The topological polar surface area (TPSA) is 56.3 Å². The molecule has 0 saturated carbocycles. The summed E-state index contributed by atoms with van der Waals surface area (Å²) in [6.45, 7) is 4.06. The predicted molar refractivity (Wildman–Crippen MR) is 78.6 cm³/mol. The van der Waals surface area contributed by atoms with Crippen LogP contribution in [0.1, 0.15) is 37.0 Å². The van der Waals surface area contributed by atoms with Crippen LogP contribution in [0.2, 0.25) is 0 Å². The molecular formula is C16H19FN2O2. The van der Waals surface area contributed by atoms with E-state index in [4.69, 9.17) is 0 Å². The van der Waals surface area contributed by atoms with Gasteiger partial charge >= 0.3 is 0 Å². The van der Waals surface area contributed by atoms with Gasteiger partial charge < -0.3 is 15.0 Å². The molecule has 1 fully saturated rings. The summed E-state index contributed by atoms with van der Waals surface area (Å²) in [6.07, 6.45) is 3.27. The van der Waals surface area contributed by atoms with Gasteiger partial charge in [-0.1, -0.05) is 0 Å². The molecule has 1 aliphatic rings. The van der Waals surface area contributed by atoms with Crippen molar-refractivity contribution in [3.8, 4) is 0 Å². The fourth-order valence-electron chi connectivity index (χ4n) is 3.17. The number of aromatic nitrogens is 1. The zero-order valence-electron chi connectivity index (χ0n) is 12.2. The summed E-state index contributed by atoms with van der Waals surface area (Å²) < 4.78 is 13.4. The third-order valence-electron chi connectivity index (χ3n) is 4.20. The Balaban J connectivity index is 1.99. The lowest BCUT2D eigenvalue weighted by molar-refractivity contribution is 0.000409. The molecule has 0 bridgehead atoms. The molecule has 1 aromatic carbocycles. The van der Waals surface area contributed by atoms with E-state index in [2.05, 4.69) is 4.98 Å². The zero-order chi connectivity index (χ0) is 15.2. The highest BCUT2D eigenvalue weighted by atomic mass is 19.1. The quantitative estimate of drug-likeness (QED) is 0.893. The second kappa shape index (κ2) is 4.84. The fourth-order valence-corrected chi connectivity index (χ4v) is 3.17. The van der Waals surface area contributed by atoms with Crippen molar-refractivity contribution in [3.05, 3.63) is 35.8 Å². The second-order valence-electron chi connectivity index (χ2n) is 6.20. The number of carbonyl (C=O) groups excluding carboxylic acids is 1. The van der Waals surface area contributed by atoms with Gasteiger partial charge in [0, 0.05) is 23.6 Å². The molecule has 1 amide bonds. The van der Waals surface area contributed by atoms with E-state index in [9.17, 15) is 14.3 Å². The maximum absolute atomic E-state index is 13.4. The summed E-state index contributed by atoms with van der Waals surface area (Å²) in [4.78, 5) is 17.5. The number of nitrogens with zero attached hydrogens (tertiary/aromatic N) is 1. The molecule has 1 aromatic heterocycles. The van der Waals surface area contributed by atoms with Crippen LogP contribution < -0.4 is 0 Å². The van der Waals surface area contributed by atoms with E-state index in [1.165, 1.54) is 12.1 Å². The Labute approximate surface area is 122 Å². The first kappa shape index (κ1) is 14.1. The molecule has 1 atom stereocenters. The number of aromatic amines is 1. The van der Waals surface area contributed by atoms with Gasteiger partial charge in [0.05, 0.1) is 17.2 Å². The van der Waals surface area contributed by atoms with Crippen molar-refractivity contribution in [2.45, 2.75) is 38.3 Å². The number of halogens is 1. The molecule has 21 heavy (non-hydrogen) atoms. The molecule has 2 N–H and O–H groups in total. The molecule has 1 aliphatic heterocycles. The Morgan fingerprint density at radius 3 is 2.95 bits per heavy atom. The number of rotatable bonds is 2. The number of carbonyl (C=O) groups is 1. The lowest BCUT2D eigenvalue weighted by Gasteiger charge is -2.33. The largest absolute Gasteiger partial charge is 0.388 e. The van der Waals surface area contributed by atoms with Crippen molar-refractivity contribution < 1.29 is 14.3 Å². The number of amides is 1. The number of likely N-dealkylation sites (tertiary alicyclic amines) is 1. The average Bonchev–Trinajstić information content (AvgIpc) is 3.03. The number of benzene rings is 1. The van der Waals surface area contributed by atoms with Crippen molar-refractivity contribution in [3.63, 3.8) is 0 Å². The van der Waals surface area contributed by atoms with E-state index in [-0.39, 0.29) is 17.8 Å². The van der Waals surface area contributed by atoms with Crippen molar-refractivity contribution in [1.29, 1.82) is 0 Å². The van der Waals surface area contributed by atoms with E-state index in [0.717, 1.165) is 18.4 Å². The minimum atomic E-state index is -0.941. The molecule has 1 saturated heterocycles. The van der Waals surface area contributed by atoms with Gasteiger partial charge in [-0.15, -0.1) is 0 Å². The van der Waals surface area contributed by atoms with Crippen LogP contribution in [0.5, 0.6) is 0 Å². The van der Waals surface area contributed by atoms with Crippen LogP contribution in [0.4, 0.5) is 4.39 Å². The van der Waals surface area contributed by atoms with E-state index < -0.39 is 5.60 Å². The summed E-state index contributed by atoms with van der Waals surface area (Å²) in [7, 11) is 0. The van der Waals surface area contributed by atoms with Crippen LogP contribution in [0.25, 0.3) is 10.9 Å². The zero-order valence-corrected chi connectivity index (χ0v) is 12.2. The highest BCUT2D eigenvalue weighted by Crippen LogP contribution is 2.30. The van der Waals surface area contributed by atoms with Gasteiger partial charge in [-0.2, -0.15) is 0 Å². The van der Waals surface area contributed by atoms with Crippen molar-refractivity contribution >= 4 is 16.8 Å². The van der Waals surface area contributed by atoms with Crippen LogP contribution in [-0.2, 0) is 0 Å². The van der Waals surface area contributed by atoms with Gasteiger partial charge in [-0.3, -0.25) is 4.79 Å². The number of H-pyrrole nitrogens is 1. The van der Waals surface area contributed by atoms with Crippen molar-refractivity contribution in [1.82, 2.24) is 9.88 Å². The summed E-state index contributed by atoms with van der Waals surface area (Å²) in [6, 6.07) is 4.15. The smallest absolute Gasteiger partial charge is 0.256 e. The summed E-state index contributed by atoms with van der Waals surface area (Å²) in [5.74, 6) is -0.520. The first-order valence-electron chi connectivity index (χ1n) is 7.18. The van der Waals surface area contributed by atoms with Crippen LogP contribution in [0, 0.1) is 5.82 Å². The molecule has 1 unspecified atom stereocenters. The minimum absolute atomic E-state index is 0.156. The predicted octanol–water partition coefficient (Wildman–Crippen LogP) is 2.68. The first-order chi connectivity index (χ1) is 9.88. The Bertz CT molecular complexity index is 687. The molecular weight excluding hydrogens is 271 g/mol. The summed E-state index contributed by atoms with van der Waals surface area (Å²) in [5.41, 5.74) is 0.253. The fraction of sp³-hybridized carbons (Fsp3) is 0.438. The van der Waals surface area contributed by atoms with Gasteiger partial charge in [0.2, 0.25) is 0 Å². The monoisotopic (exact) mass is 290 g/mol. The van der Waals surface area contributed by atoms with Gasteiger partial charge in [0.1, 0.15) is 5.82 Å². The highest BCUT2D eigenvalue weighted by Gasteiger charge is 2.39. The number of hydrogen-bond donors (Lipinski definition) is 2. The van der Waals surface area contributed by atoms with Gasteiger partial charge in [-0.05, 0) is 44.9 Å². The summed E-state index contributed by atoms with van der Waals surface area (Å²) >= 11 is 0. The van der Waals surface area contributed by atoms with E-state index in [0.29, 0.717) is 17.5 Å². The van der Waals surface area contributed by atoms with E-state index in [1.807, 2.05) is 0 Å². The Kier molecular flexibility index (Phi) is 3.24. The third-order valence-corrected chi connectivity index (χ3v) is 4.20. The lowest BCUT2D eigenvalue weighted by Crippen LogP contribution is -2.48. The second-order valence-corrected chi connectivity index (χ2v) is 6.20. The highest BCUT2D eigenvalue weighted by molar-refractivity contribution is 6.06. The number of hydrogen-bond acceptors (Lipinski definition) is 2. The molecule has 2 heterocycles. The Morgan fingerprint density at radius 2 is 2.24 bits per heavy atom. The standard InChI is InChI=1S/C16H19FN2O2/c1-16(2,21)14-4-3-7-19(14)15(20)12-9-18-13-6-5-10(17)8-11(12)13/h5-6,8-9,14,18,21H,3-4,7H2,1-2H3. The van der Waals surface area contributed by atoms with Crippen molar-refractivity contribution in [2.75, 3.05) is 6.54 Å². The first-order valence-corrected chi connectivity index (χ1v) is 7.18. The van der Waals surface area contributed by atoms with Gasteiger partial charge in [-0.25, -0.2) is 4.39 Å². The van der Waals surface area contributed by atoms with E-state index in [1.54, 1.807) is 31.0 Å². The van der Waals surface area contributed by atoms with E-state index >= 15 is 0 Å². The third kappa shape index (κ3) is 2.42. The van der Waals surface area contributed by atoms with Crippen LogP contribution in [0.3, 0.4) is 0 Å². The molecule has 3 rings (SSSR count). The van der Waals surface area contributed by atoms with Gasteiger partial charge in [0.25, 0.3) is 5.91 Å². The Morgan fingerprint density at radius 1 is 1.48 bits per heavy atom. The maximum Gasteiger partial charge on any atom is 0.256 e. The maximum atomic E-state index is 13.4. The lowest BCUT2D eigenvalue weighted by atomic mass is 9.96. The van der Waals surface area contributed by atoms with Crippen LogP contribution >= 0.6 is 0 Å². The number of aliphatic hydroxyl groups is 1. The normalized spacial score (nSPS) is 19.4. The molecule has 0 spiro atoms. The molecule has 4 nitrogen and oxygen atoms in total. The molecule has 0 radical (unpaired) electrons. The molecule has 5 heteroatoms. The van der Waals surface area contributed by atoms with Crippen molar-refractivity contribution in [2.24, 2.45) is 0 Å². The SMILES string of the molecule is CC(C)(O)C1CCCN1C(=O)c1c[nH]c2ccc(F)cc12. The van der Waals surface area contributed by atoms with Crippen LogP contribution in [-0.4, -0.2) is 39.1 Å². The van der Waals surface area contributed by atoms with Gasteiger partial charge in [0.15, 0.2) is 0 Å². The number of nitrogens with one attached hydrogen (secondary N) is 1. The summed E-state index contributed by atoms with van der Waals surface area (Å²) in [5, 5.41) is 10.8. The average molecular weight is 290 g/mol. The molecule has 2 aromatic rings. The molecule has 112 valence electrons. The minimum Gasteiger partial charge on any atom is -0.388 e. The molecule has 0 aliphatic carbocycles.